The third kappa shape index (κ3) is 4.10. The largest absolute Gasteiger partial charge is 0.326 e. The second-order valence-corrected chi connectivity index (χ2v) is 6.42. The lowest BCUT2D eigenvalue weighted by Crippen LogP contribution is -2.24. The van der Waals surface area contributed by atoms with Crippen molar-refractivity contribution in [3.8, 4) is 0 Å². The Morgan fingerprint density at radius 3 is 2.19 bits per heavy atom. The monoisotopic (exact) mass is 305 g/mol. The maximum atomic E-state index is 12.1. The average molecular weight is 305 g/mol. The minimum absolute atomic E-state index is 0.00452. The van der Waals surface area contributed by atoms with Crippen molar-refractivity contribution < 1.29 is 8.42 Å². The fourth-order valence-electron chi connectivity index (χ4n) is 1.84. The molecule has 0 fully saturated rings. The number of rotatable bonds is 6. The van der Waals surface area contributed by atoms with Crippen LogP contribution < -0.4 is 10.5 Å². The van der Waals surface area contributed by atoms with E-state index in [0.717, 1.165) is 17.5 Å². The predicted octanol–water partition coefficient (Wildman–Crippen LogP) is 1.58. The molecule has 0 spiro atoms. The molecule has 0 radical (unpaired) electrons. The van der Waals surface area contributed by atoms with E-state index in [2.05, 4.69) is 16.6 Å². The molecule has 0 atom stereocenters. The average Bonchev–Trinajstić information content (AvgIpc) is 2.53. The summed E-state index contributed by atoms with van der Waals surface area (Å²) in [7, 11) is -3.60. The highest BCUT2D eigenvalue weighted by Crippen LogP contribution is 2.09. The molecule has 1 heterocycles. The van der Waals surface area contributed by atoms with Crippen LogP contribution >= 0.6 is 0 Å². The number of nitrogens with zero attached hydrogens (tertiary/aromatic N) is 1. The zero-order valence-corrected chi connectivity index (χ0v) is 12.7. The van der Waals surface area contributed by atoms with Gasteiger partial charge >= 0.3 is 0 Å². The molecule has 0 saturated heterocycles. The minimum atomic E-state index is -3.60. The van der Waals surface area contributed by atoms with Crippen molar-refractivity contribution in [2.45, 2.75) is 31.5 Å². The van der Waals surface area contributed by atoms with Crippen molar-refractivity contribution in [2.75, 3.05) is 0 Å². The topological polar surface area (TPSA) is 85.1 Å². The lowest BCUT2D eigenvalue weighted by Gasteiger charge is -2.07. The molecule has 1 aromatic carbocycles. The Labute approximate surface area is 125 Å². The second kappa shape index (κ2) is 6.80. The SMILES string of the molecule is CCc1ccc(CNS(=O)(=O)c2ccc(CN)cn2)cc1. The Bertz CT molecular complexity index is 680. The van der Waals surface area contributed by atoms with E-state index >= 15 is 0 Å². The zero-order valence-electron chi connectivity index (χ0n) is 11.9. The number of sulfonamides is 1. The number of pyridine rings is 1. The molecule has 0 aliphatic rings. The van der Waals surface area contributed by atoms with Gasteiger partial charge < -0.3 is 5.73 Å². The van der Waals surface area contributed by atoms with Gasteiger partial charge in [0, 0.05) is 19.3 Å². The van der Waals surface area contributed by atoms with E-state index in [1.165, 1.54) is 17.8 Å². The number of aryl methyl sites for hydroxylation is 1. The summed E-state index contributed by atoms with van der Waals surface area (Å²) in [6, 6.07) is 11.0. The summed E-state index contributed by atoms with van der Waals surface area (Å²) in [5, 5.41) is 0.00452. The summed E-state index contributed by atoms with van der Waals surface area (Å²) >= 11 is 0. The van der Waals surface area contributed by atoms with Crippen LogP contribution in [0, 0.1) is 0 Å². The van der Waals surface area contributed by atoms with Crippen molar-refractivity contribution in [1.82, 2.24) is 9.71 Å². The van der Waals surface area contributed by atoms with Gasteiger partial charge in [-0.3, -0.25) is 0 Å². The third-order valence-electron chi connectivity index (χ3n) is 3.21. The Morgan fingerprint density at radius 1 is 1.05 bits per heavy atom. The Morgan fingerprint density at radius 2 is 1.67 bits per heavy atom. The molecule has 21 heavy (non-hydrogen) atoms. The summed E-state index contributed by atoms with van der Waals surface area (Å²) in [5.41, 5.74) is 8.39. The fraction of sp³-hybridized carbons (Fsp3) is 0.267. The second-order valence-electron chi connectivity index (χ2n) is 4.70. The van der Waals surface area contributed by atoms with E-state index in [-0.39, 0.29) is 11.6 Å². The van der Waals surface area contributed by atoms with E-state index in [1.54, 1.807) is 6.07 Å². The maximum absolute atomic E-state index is 12.1. The molecule has 0 aliphatic heterocycles. The summed E-state index contributed by atoms with van der Waals surface area (Å²) in [4.78, 5) is 3.93. The van der Waals surface area contributed by atoms with E-state index in [0.29, 0.717) is 6.54 Å². The van der Waals surface area contributed by atoms with Gasteiger partial charge in [0.15, 0.2) is 5.03 Å². The van der Waals surface area contributed by atoms with Gasteiger partial charge in [-0.1, -0.05) is 37.3 Å². The van der Waals surface area contributed by atoms with Crippen LogP contribution in [0.2, 0.25) is 0 Å². The summed E-state index contributed by atoms with van der Waals surface area (Å²) in [6.45, 7) is 2.66. The number of hydrogen-bond donors (Lipinski definition) is 2. The Hall–Kier alpha value is -1.76. The molecule has 5 nitrogen and oxygen atoms in total. The molecular formula is C15H19N3O2S. The first kappa shape index (κ1) is 15.6. The van der Waals surface area contributed by atoms with Crippen LogP contribution in [0.3, 0.4) is 0 Å². The molecule has 0 bridgehead atoms. The molecule has 0 saturated carbocycles. The van der Waals surface area contributed by atoms with Gasteiger partial charge in [-0.25, -0.2) is 18.1 Å². The molecular weight excluding hydrogens is 286 g/mol. The predicted molar refractivity (Wildman–Crippen MR) is 82.0 cm³/mol. The standard InChI is InChI=1S/C15H19N3O2S/c1-2-12-3-5-13(6-4-12)11-18-21(19,20)15-8-7-14(9-16)10-17-15/h3-8,10,18H,2,9,11,16H2,1H3. The molecule has 0 amide bonds. The fourth-order valence-corrected chi connectivity index (χ4v) is 2.78. The van der Waals surface area contributed by atoms with Crippen LogP contribution in [0.15, 0.2) is 47.6 Å². The minimum Gasteiger partial charge on any atom is -0.326 e. The highest BCUT2D eigenvalue weighted by molar-refractivity contribution is 7.89. The van der Waals surface area contributed by atoms with Crippen molar-refractivity contribution >= 4 is 10.0 Å². The smallest absolute Gasteiger partial charge is 0.258 e. The number of benzene rings is 1. The van der Waals surface area contributed by atoms with Crippen LogP contribution in [0.25, 0.3) is 0 Å². The lowest BCUT2D eigenvalue weighted by atomic mass is 10.1. The first-order chi connectivity index (χ1) is 10.0. The van der Waals surface area contributed by atoms with Crippen molar-refractivity contribution in [3.05, 3.63) is 59.3 Å². The van der Waals surface area contributed by atoms with Gasteiger partial charge in [0.2, 0.25) is 0 Å². The quantitative estimate of drug-likeness (QED) is 0.848. The zero-order chi connectivity index (χ0) is 15.3. The van der Waals surface area contributed by atoms with Crippen molar-refractivity contribution in [2.24, 2.45) is 5.73 Å². The number of aromatic nitrogens is 1. The van der Waals surface area contributed by atoms with Gasteiger partial charge in [0.1, 0.15) is 0 Å². The number of nitrogens with two attached hydrogens (primary N) is 1. The van der Waals surface area contributed by atoms with Gasteiger partial charge in [0.05, 0.1) is 0 Å². The maximum Gasteiger partial charge on any atom is 0.258 e. The van der Waals surface area contributed by atoms with Crippen molar-refractivity contribution in [1.29, 1.82) is 0 Å². The lowest BCUT2D eigenvalue weighted by molar-refractivity contribution is 0.577. The van der Waals surface area contributed by atoms with Crippen LogP contribution in [0.5, 0.6) is 0 Å². The summed E-state index contributed by atoms with van der Waals surface area (Å²) in [5.74, 6) is 0. The summed E-state index contributed by atoms with van der Waals surface area (Å²) < 4.78 is 26.8. The molecule has 0 unspecified atom stereocenters. The third-order valence-corrected chi connectivity index (χ3v) is 4.52. The van der Waals surface area contributed by atoms with Crippen LogP contribution in [0.1, 0.15) is 23.6 Å². The van der Waals surface area contributed by atoms with Crippen LogP contribution in [0.4, 0.5) is 0 Å². The molecule has 3 N–H and O–H groups in total. The highest BCUT2D eigenvalue weighted by atomic mass is 32.2. The van der Waals surface area contributed by atoms with Crippen LogP contribution in [-0.4, -0.2) is 13.4 Å². The Balaban J connectivity index is 2.05. The molecule has 2 aromatic rings. The molecule has 1 aromatic heterocycles. The van der Waals surface area contributed by atoms with Gasteiger partial charge in [-0.2, -0.15) is 0 Å². The highest BCUT2D eigenvalue weighted by Gasteiger charge is 2.14. The number of hydrogen-bond acceptors (Lipinski definition) is 4. The summed E-state index contributed by atoms with van der Waals surface area (Å²) in [6.07, 6.45) is 2.44. The molecule has 0 aliphatic carbocycles. The number of nitrogens with one attached hydrogen (secondary N) is 1. The normalized spacial score (nSPS) is 11.5. The molecule has 2 rings (SSSR count). The van der Waals surface area contributed by atoms with Gasteiger partial charge in [-0.05, 0) is 29.2 Å². The van der Waals surface area contributed by atoms with Crippen molar-refractivity contribution in [3.63, 3.8) is 0 Å². The molecule has 112 valence electrons. The van der Waals surface area contributed by atoms with Gasteiger partial charge in [0.25, 0.3) is 10.0 Å². The van der Waals surface area contributed by atoms with E-state index in [4.69, 9.17) is 5.73 Å². The van der Waals surface area contributed by atoms with E-state index in [1.807, 2.05) is 24.3 Å². The van der Waals surface area contributed by atoms with Crippen LogP contribution in [-0.2, 0) is 29.5 Å². The van der Waals surface area contributed by atoms with Gasteiger partial charge in [-0.15, -0.1) is 0 Å². The first-order valence-corrected chi connectivity index (χ1v) is 8.26. The first-order valence-electron chi connectivity index (χ1n) is 6.77. The Kier molecular flexibility index (Phi) is 5.06. The van der Waals surface area contributed by atoms with E-state index < -0.39 is 10.0 Å². The molecule has 6 heteroatoms. The van der Waals surface area contributed by atoms with E-state index in [9.17, 15) is 8.42 Å².